The Hall–Kier alpha value is -3.13. The van der Waals surface area contributed by atoms with Gasteiger partial charge in [0.2, 0.25) is 5.95 Å². The molecule has 0 aliphatic rings. The lowest BCUT2D eigenvalue weighted by Gasteiger charge is -2.10. The first-order chi connectivity index (χ1) is 12.8. The van der Waals surface area contributed by atoms with Gasteiger partial charge in [0.05, 0.1) is 5.69 Å². The van der Waals surface area contributed by atoms with Gasteiger partial charge in [-0.05, 0) is 42.8 Å². The number of aromatic nitrogens is 2. The Balaban J connectivity index is 1.82. The predicted octanol–water partition coefficient (Wildman–Crippen LogP) is 4.85. The standard InChI is InChI=1S/C18H12ClF3N4O/c1-9-2-3-10(19)8-14(9)26-18-23-7-6-13(25-18)17(27)24-12-5-4-11(20)15(21)16(12)22/h2-8H,1H3,(H,24,27)(H,23,25,26). The minimum absolute atomic E-state index is 0.101. The van der Waals surface area contributed by atoms with E-state index in [-0.39, 0.29) is 11.6 Å². The highest BCUT2D eigenvalue weighted by atomic mass is 35.5. The SMILES string of the molecule is Cc1ccc(Cl)cc1Nc1nccc(C(=O)Nc2ccc(F)c(F)c2F)n1. The van der Waals surface area contributed by atoms with Gasteiger partial charge in [-0.3, -0.25) is 4.79 Å². The maximum Gasteiger partial charge on any atom is 0.274 e. The van der Waals surface area contributed by atoms with E-state index in [1.54, 1.807) is 18.2 Å². The van der Waals surface area contributed by atoms with E-state index in [1.807, 2.05) is 6.92 Å². The number of rotatable bonds is 4. The Morgan fingerprint density at radius 2 is 1.81 bits per heavy atom. The van der Waals surface area contributed by atoms with Crippen molar-refractivity contribution in [2.45, 2.75) is 6.92 Å². The normalized spacial score (nSPS) is 10.6. The van der Waals surface area contributed by atoms with Crippen LogP contribution in [0.4, 0.5) is 30.5 Å². The van der Waals surface area contributed by atoms with Gasteiger partial charge < -0.3 is 10.6 Å². The fourth-order valence-corrected chi connectivity index (χ4v) is 2.38. The van der Waals surface area contributed by atoms with Gasteiger partial charge in [-0.2, -0.15) is 0 Å². The van der Waals surface area contributed by atoms with Crippen molar-refractivity contribution in [3.05, 3.63) is 76.3 Å². The maximum atomic E-state index is 13.7. The van der Waals surface area contributed by atoms with Crippen LogP contribution in [0.1, 0.15) is 16.1 Å². The van der Waals surface area contributed by atoms with E-state index in [4.69, 9.17) is 11.6 Å². The van der Waals surface area contributed by atoms with Crippen molar-refractivity contribution >= 4 is 34.8 Å². The molecule has 2 aromatic carbocycles. The number of carbonyl (C=O) groups excluding carboxylic acids is 1. The molecule has 0 atom stereocenters. The minimum atomic E-state index is -1.67. The van der Waals surface area contributed by atoms with E-state index < -0.39 is 29.0 Å². The molecule has 5 nitrogen and oxygen atoms in total. The van der Waals surface area contributed by atoms with Crippen LogP contribution >= 0.6 is 11.6 Å². The van der Waals surface area contributed by atoms with Crippen LogP contribution in [0.25, 0.3) is 0 Å². The van der Waals surface area contributed by atoms with Gasteiger partial charge in [-0.25, -0.2) is 23.1 Å². The quantitative estimate of drug-likeness (QED) is 0.623. The van der Waals surface area contributed by atoms with Crippen LogP contribution < -0.4 is 10.6 Å². The van der Waals surface area contributed by atoms with Crippen LogP contribution in [0.5, 0.6) is 0 Å². The lowest BCUT2D eigenvalue weighted by molar-refractivity contribution is 0.102. The predicted molar refractivity (Wildman–Crippen MR) is 95.8 cm³/mol. The Labute approximate surface area is 157 Å². The van der Waals surface area contributed by atoms with Gasteiger partial charge >= 0.3 is 0 Å². The average molecular weight is 393 g/mol. The summed E-state index contributed by atoms with van der Waals surface area (Å²) in [5, 5.41) is 5.58. The molecule has 0 aliphatic carbocycles. The second kappa shape index (κ2) is 7.63. The number of hydrogen-bond donors (Lipinski definition) is 2. The van der Waals surface area contributed by atoms with Gasteiger partial charge in [0.25, 0.3) is 5.91 Å². The highest BCUT2D eigenvalue weighted by molar-refractivity contribution is 6.30. The zero-order valence-corrected chi connectivity index (χ0v) is 14.6. The average Bonchev–Trinajstić information content (AvgIpc) is 2.65. The number of nitrogens with zero attached hydrogens (tertiary/aromatic N) is 2. The van der Waals surface area contributed by atoms with Crippen LogP contribution in [0.15, 0.2) is 42.6 Å². The van der Waals surface area contributed by atoms with Gasteiger partial charge in [0.1, 0.15) is 5.69 Å². The molecule has 0 spiro atoms. The Morgan fingerprint density at radius 3 is 2.59 bits per heavy atom. The number of hydrogen-bond acceptors (Lipinski definition) is 4. The molecule has 3 rings (SSSR count). The molecule has 1 heterocycles. The highest BCUT2D eigenvalue weighted by Gasteiger charge is 2.17. The fraction of sp³-hybridized carbons (Fsp3) is 0.0556. The number of amides is 1. The first-order valence-electron chi connectivity index (χ1n) is 7.66. The molecule has 0 unspecified atom stereocenters. The summed E-state index contributed by atoms with van der Waals surface area (Å²) in [7, 11) is 0. The summed E-state index contributed by atoms with van der Waals surface area (Å²) < 4.78 is 39.9. The largest absolute Gasteiger partial charge is 0.324 e. The van der Waals surface area contributed by atoms with Crippen molar-refractivity contribution in [2.75, 3.05) is 10.6 Å². The van der Waals surface area contributed by atoms with Crippen molar-refractivity contribution in [1.82, 2.24) is 9.97 Å². The van der Waals surface area contributed by atoms with Crippen LogP contribution in [0, 0.1) is 24.4 Å². The molecule has 0 aliphatic heterocycles. The number of aryl methyl sites for hydroxylation is 1. The Kier molecular flexibility index (Phi) is 5.27. The summed E-state index contributed by atoms with van der Waals surface area (Å²) in [5.41, 5.74) is 0.919. The molecule has 0 radical (unpaired) electrons. The molecule has 1 amide bonds. The summed E-state index contributed by atoms with van der Waals surface area (Å²) in [5.74, 6) is -5.22. The third kappa shape index (κ3) is 4.17. The molecular weight excluding hydrogens is 381 g/mol. The number of carbonyl (C=O) groups is 1. The van der Waals surface area contributed by atoms with E-state index in [9.17, 15) is 18.0 Å². The third-order valence-corrected chi connectivity index (χ3v) is 3.85. The molecule has 0 saturated carbocycles. The van der Waals surface area contributed by atoms with E-state index in [0.29, 0.717) is 16.8 Å². The molecule has 3 aromatic rings. The van der Waals surface area contributed by atoms with Gasteiger partial charge in [-0.15, -0.1) is 0 Å². The van der Waals surface area contributed by atoms with E-state index in [0.717, 1.165) is 11.6 Å². The summed E-state index contributed by atoms with van der Waals surface area (Å²) in [4.78, 5) is 20.3. The highest BCUT2D eigenvalue weighted by Crippen LogP contribution is 2.23. The van der Waals surface area contributed by atoms with Crippen LogP contribution in [-0.4, -0.2) is 15.9 Å². The monoisotopic (exact) mass is 392 g/mol. The van der Waals surface area contributed by atoms with Crippen LogP contribution in [0.2, 0.25) is 5.02 Å². The van der Waals surface area contributed by atoms with E-state index in [2.05, 4.69) is 20.6 Å². The number of nitrogens with one attached hydrogen (secondary N) is 2. The van der Waals surface area contributed by atoms with E-state index in [1.165, 1.54) is 12.3 Å². The smallest absolute Gasteiger partial charge is 0.274 e. The molecule has 138 valence electrons. The van der Waals surface area contributed by atoms with E-state index >= 15 is 0 Å². The number of benzene rings is 2. The second-order valence-electron chi connectivity index (χ2n) is 5.53. The molecule has 2 N–H and O–H groups in total. The van der Waals surface area contributed by atoms with Crippen LogP contribution in [0.3, 0.4) is 0 Å². The van der Waals surface area contributed by atoms with Crippen molar-refractivity contribution in [1.29, 1.82) is 0 Å². The summed E-state index contributed by atoms with van der Waals surface area (Å²) >= 11 is 5.96. The Bertz CT molecular complexity index is 1030. The third-order valence-electron chi connectivity index (χ3n) is 3.62. The summed E-state index contributed by atoms with van der Waals surface area (Å²) in [6.07, 6.45) is 1.33. The van der Waals surface area contributed by atoms with Crippen molar-refractivity contribution in [3.63, 3.8) is 0 Å². The number of anilines is 3. The molecule has 0 saturated heterocycles. The number of halogens is 4. The van der Waals surface area contributed by atoms with Crippen molar-refractivity contribution < 1.29 is 18.0 Å². The lowest BCUT2D eigenvalue weighted by atomic mass is 10.2. The molecule has 0 bridgehead atoms. The zero-order valence-electron chi connectivity index (χ0n) is 13.9. The molecule has 9 heteroatoms. The Morgan fingerprint density at radius 1 is 1.04 bits per heavy atom. The van der Waals surface area contributed by atoms with Gasteiger partial charge in [0, 0.05) is 16.9 Å². The maximum absolute atomic E-state index is 13.7. The van der Waals surface area contributed by atoms with Crippen molar-refractivity contribution in [2.24, 2.45) is 0 Å². The first kappa shape index (κ1) is 18.7. The fourth-order valence-electron chi connectivity index (χ4n) is 2.20. The second-order valence-corrected chi connectivity index (χ2v) is 5.96. The molecule has 0 fully saturated rings. The summed E-state index contributed by atoms with van der Waals surface area (Å²) in [6.45, 7) is 1.85. The molecule has 1 aromatic heterocycles. The first-order valence-corrected chi connectivity index (χ1v) is 8.04. The van der Waals surface area contributed by atoms with Gasteiger partial charge in [-0.1, -0.05) is 17.7 Å². The lowest BCUT2D eigenvalue weighted by Crippen LogP contribution is -2.16. The van der Waals surface area contributed by atoms with Crippen molar-refractivity contribution in [3.8, 4) is 0 Å². The topological polar surface area (TPSA) is 66.9 Å². The van der Waals surface area contributed by atoms with Crippen LogP contribution in [-0.2, 0) is 0 Å². The summed E-state index contributed by atoms with van der Waals surface area (Å²) in [6, 6.07) is 8.12. The molecule has 27 heavy (non-hydrogen) atoms. The minimum Gasteiger partial charge on any atom is -0.324 e. The van der Waals surface area contributed by atoms with Gasteiger partial charge in [0.15, 0.2) is 17.5 Å². The molecular formula is C18H12ClF3N4O. The zero-order chi connectivity index (χ0) is 19.6.